The lowest BCUT2D eigenvalue weighted by Crippen LogP contribution is -2.38. The number of ether oxygens (including phenoxy) is 2. The van der Waals surface area contributed by atoms with Crippen molar-refractivity contribution in [3.63, 3.8) is 0 Å². The molecule has 0 bridgehead atoms. The van der Waals surface area contributed by atoms with Crippen LogP contribution in [0.4, 0.5) is 5.69 Å². The van der Waals surface area contributed by atoms with Gasteiger partial charge in [-0.25, -0.2) is 0 Å². The molecule has 0 heterocycles. The van der Waals surface area contributed by atoms with E-state index in [4.69, 9.17) is 9.47 Å². The topological polar surface area (TPSA) is 76.7 Å². The van der Waals surface area contributed by atoms with E-state index in [0.29, 0.717) is 28.7 Å². The highest BCUT2D eigenvalue weighted by atomic mass is 16.5. The van der Waals surface area contributed by atoms with E-state index in [2.05, 4.69) is 10.6 Å². The molecule has 2 amide bonds. The number of amides is 2. The Bertz CT molecular complexity index is 772. The number of rotatable bonds is 8. The summed E-state index contributed by atoms with van der Waals surface area (Å²) >= 11 is 0. The average molecular weight is 370 g/mol. The monoisotopic (exact) mass is 370 g/mol. The van der Waals surface area contributed by atoms with E-state index in [0.717, 1.165) is 0 Å². The molecule has 1 unspecified atom stereocenters. The van der Waals surface area contributed by atoms with Gasteiger partial charge in [0.15, 0.2) is 6.61 Å². The van der Waals surface area contributed by atoms with Gasteiger partial charge in [-0.2, -0.15) is 0 Å². The van der Waals surface area contributed by atoms with Gasteiger partial charge in [0, 0.05) is 11.7 Å². The lowest BCUT2D eigenvalue weighted by Gasteiger charge is -2.17. The summed E-state index contributed by atoms with van der Waals surface area (Å²) in [5, 5.41) is 5.69. The molecule has 0 fully saturated rings. The van der Waals surface area contributed by atoms with Gasteiger partial charge in [-0.3, -0.25) is 9.59 Å². The Labute approximate surface area is 159 Å². The van der Waals surface area contributed by atoms with Crippen molar-refractivity contribution in [2.45, 2.75) is 26.8 Å². The van der Waals surface area contributed by atoms with Crippen LogP contribution in [0.25, 0.3) is 0 Å². The van der Waals surface area contributed by atoms with Gasteiger partial charge in [-0.05, 0) is 49.2 Å². The third-order valence-corrected chi connectivity index (χ3v) is 4.22. The fraction of sp³-hybridized carbons (Fsp3) is 0.333. The molecule has 2 aromatic carbocycles. The summed E-state index contributed by atoms with van der Waals surface area (Å²) in [7, 11) is 1.52. The number of anilines is 1. The first kappa shape index (κ1) is 20.3. The summed E-state index contributed by atoms with van der Waals surface area (Å²) < 4.78 is 10.7. The molecule has 0 saturated heterocycles. The molecular weight excluding hydrogens is 344 g/mol. The van der Waals surface area contributed by atoms with E-state index >= 15 is 0 Å². The van der Waals surface area contributed by atoms with Crippen molar-refractivity contribution in [2.75, 3.05) is 19.0 Å². The smallest absolute Gasteiger partial charge is 0.259 e. The van der Waals surface area contributed by atoms with Crippen molar-refractivity contribution >= 4 is 17.5 Å². The van der Waals surface area contributed by atoms with Crippen molar-refractivity contribution in [3.8, 4) is 11.5 Å². The maximum atomic E-state index is 12.4. The van der Waals surface area contributed by atoms with Crippen molar-refractivity contribution in [1.29, 1.82) is 0 Å². The molecule has 0 aliphatic carbocycles. The van der Waals surface area contributed by atoms with E-state index in [9.17, 15) is 9.59 Å². The highest BCUT2D eigenvalue weighted by Crippen LogP contribution is 2.20. The van der Waals surface area contributed by atoms with Crippen molar-refractivity contribution in [3.05, 3.63) is 54.1 Å². The zero-order chi connectivity index (χ0) is 19.8. The van der Waals surface area contributed by atoms with Crippen LogP contribution in [0, 0.1) is 5.92 Å². The molecular formula is C21H26N2O4. The van der Waals surface area contributed by atoms with E-state index in [-0.39, 0.29) is 24.5 Å². The molecule has 144 valence electrons. The Morgan fingerprint density at radius 2 is 1.67 bits per heavy atom. The van der Waals surface area contributed by atoms with Gasteiger partial charge >= 0.3 is 0 Å². The number of benzene rings is 2. The van der Waals surface area contributed by atoms with Crippen molar-refractivity contribution in [1.82, 2.24) is 5.32 Å². The van der Waals surface area contributed by atoms with Crippen molar-refractivity contribution < 1.29 is 19.1 Å². The number of methoxy groups -OCH3 is 1. The first-order valence-corrected chi connectivity index (χ1v) is 8.87. The molecule has 0 aromatic heterocycles. The van der Waals surface area contributed by atoms with Gasteiger partial charge in [0.1, 0.15) is 11.5 Å². The average Bonchev–Trinajstić information content (AvgIpc) is 2.67. The van der Waals surface area contributed by atoms with Gasteiger partial charge in [0.2, 0.25) is 0 Å². The van der Waals surface area contributed by atoms with Gasteiger partial charge < -0.3 is 20.1 Å². The third-order valence-electron chi connectivity index (χ3n) is 4.22. The molecule has 0 aliphatic rings. The van der Waals surface area contributed by atoms with Crippen LogP contribution in [0.1, 0.15) is 31.1 Å². The van der Waals surface area contributed by atoms with Gasteiger partial charge in [-0.1, -0.05) is 26.0 Å². The molecule has 6 nitrogen and oxygen atoms in total. The number of nitrogens with one attached hydrogen (secondary N) is 2. The number of hydrogen-bond donors (Lipinski definition) is 2. The Hall–Kier alpha value is -3.02. The van der Waals surface area contributed by atoms with Crippen LogP contribution in [-0.4, -0.2) is 31.6 Å². The highest BCUT2D eigenvalue weighted by Gasteiger charge is 2.13. The normalized spacial score (nSPS) is 11.6. The van der Waals surface area contributed by atoms with Crippen LogP contribution in [-0.2, 0) is 4.79 Å². The summed E-state index contributed by atoms with van der Waals surface area (Å²) in [6.45, 7) is 6.00. The Morgan fingerprint density at radius 3 is 2.30 bits per heavy atom. The fourth-order valence-electron chi connectivity index (χ4n) is 2.28. The number of carbonyl (C=O) groups excluding carboxylic acids is 2. The third kappa shape index (κ3) is 6.02. The largest absolute Gasteiger partial charge is 0.496 e. The number of para-hydroxylation sites is 1. The molecule has 27 heavy (non-hydrogen) atoms. The Balaban J connectivity index is 1.89. The standard InChI is InChI=1S/C21H26N2O4/c1-14(2)15(3)22-20(24)13-27-17-11-9-16(10-12-17)23-21(25)18-7-5-6-8-19(18)26-4/h5-12,14-15H,13H2,1-4H3,(H,22,24)(H,23,25). The van der Waals surface area contributed by atoms with Crippen LogP contribution < -0.4 is 20.1 Å². The summed E-state index contributed by atoms with van der Waals surface area (Å²) in [6, 6.07) is 14.0. The van der Waals surface area contributed by atoms with Crippen LogP contribution in [0.15, 0.2) is 48.5 Å². The number of hydrogen-bond acceptors (Lipinski definition) is 4. The molecule has 0 saturated carbocycles. The molecule has 0 spiro atoms. The molecule has 2 rings (SSSR count). The Morgan fingerprint density at radius 1 is 1.00 bits per heavy atom. The molecule has 0 radical (unpaired) electrons. The van der Waals surface area contributed by atoms with Crippen molar-refractivity contribution in [2.24, 2.45) is 5.92 Å². The fourth-order valence-corrected chi connectivity index (χ4v) is 2.28. The molecule has 0 aliphatic heterocycles. The van der Waals surface area contributed by atoms with Gasteiger partial charge in [0.25, 0.3) is 11.8 Å². The molecule has 6 heteroatoms. The second kappa shape index (κ2) is 9.62. The summed E-state index contributed by atoms with van der Waals surface area (Å²) in [4.78, 5) is 24.2. The lowest BCUT2D eigenvalue weighted by atomic mass is 10.1. The predicted octanol–water partition coefficient (Wildman–Crippen LogP) is 3.49. The van der Waals surface area contributed by atoms with Gasteiger partial charge in [-0.15, -0.1) is 0 Å². The lowest BCUT2D eigenvalue weighted by molar-refractivity contribution is -0.124. The summed E-state index contributed by atoms with van der Waals surface area (Å²) in [6.07, 6.45) is 0. The predicted molar refractivity (Wildman–Crippen MR) is 105 cm³/mol. The van der Waals surface area contributed by atoms with E-state index in [1.807, 2.05) is 20.8 Å². The van der Waals surface area contributed by atoms with E-state index in [1.165, 1.54) is 7.11 Å². The number of carbonyl (C=O) groups is 2. The minimum Gasteiger partial charge on any atom is -0.496 e. The zero-order valence-corrected chi connectivity index (χ0v) is 16.1. The highest BCUT2D eigenvalue weighted by molar-refractivity contribution is 6.06. The molecule has 2 aromatic rings. The molecule has 1 atom stereocenters. The zero-order valence-electron chi connectivity index (χ0n) is 16.1. The molecule has 2 N–H and O–H groups in total. The Kier molecular flexibility index (Phi) is 7.23. The first-order valence-electron chi connectivity index (χ1n) is 8.87. The van der Waals surface area contributed by atoms with Gasteiger partial charge in [0.05, 0.1) is 12.7 Å². The SMILES string of the molecule is COc1ccccc1C(=O)Nc1ccc(OCC(=O)NC(C)C(C)C)cc1. The van der Waals surface area contributed by atoms with Crippen LogP contribution in [0.5, 0.6) is 11.5 Å². The quantitative estimate of drug-likeness (QED) is 0.746. The second-order valence-corrected chi connectivity index (χ2v) is 6.57. The van der Waals surface area contributed by atoms with Crippen LogP contribution >= 0.6 is 0 Å². The van der Waals surface area contributed by atoms with E-state index in [1.54, 1.807) is 48.5 Å². The van der Waals surface area contributed by atoms with E-state index < -0.39 is 0 Å². The minimum absolute atomic E-state index is 0.0516. The maximum absolute atomic E-state index is 12.4. The maximum Gasteiger partial charge on any atom is 0.259 e. The summed E-state index contributed by atoms with van der Waals surface area (Å²) in [5.74, 6) is 1.00. The summed E-state index contributed by atoms with van der Waals surface area (Å²) in [5.41, 5.74) is 1.08. The second-order valence-electron chi connectivity index (χ2n) is 6.57. The van der Waals surface area contributed by atoms with Crippen LogP contribution in [0.2, 0.25) is 0 Å². The first-order chi connectivity index (χ1) is 12.9. The minimum atomic E-state index is -0.261. The van der Waals surface area contributed by atoms with Crippen LogP contribution in [0.3, 0.4) is 0 Å².